The fourth-order valence-corrected chi connectivity index (χ4v) is 0.825. The molecule has 0 saturated carbocycles. The molecule has 0 amide bonds. The lowest BCUT2D eigenvalue weighted by Crippen LogP contribution is -2.19. The molecular formula is C9H8F3NO3. The summed E-state index contributed by atoms with van der Waals surface area (Å²) in [6, 6.07) is 2.48. The zero-order valence-corrected chi connectivity index (χ0v) is 8.25. The van der Waals surface area contributed by atoms with Gasteiger partial charge in [-0.2, -0.15) is 13.2 Å². The van der Waals surface area contributed by atoms with Crippen LogP contribution in [0, 0.1) is 0 Å². The van der Waals surface area contributed by atoms with E-state index in [1.54, 1.807) is 0 Å². The molecule has 16 heavy (non-hydrogen) atoms. The van der Waals surface area contributed by atoms with E-state index in [1.807, 2.05) is 0 Å². The van der Waals surface area contributed by atoms with Crippen LogP contribution in [0.4, 0.5) is 13.2 Å². The van der Waals surface area contributed by atoms with Crippen molar-refractivity contribution >= 4 is 5.97 Å². The number of alkyl halides is 3. The van der Waals surface area contributed by atoms with Crippen LogP contribution in [0.15, 0.2) is 18.3 Å². The number of esters is 1. The molecule has 0 saturated heterocycles. The summed E-state index contributed by atoms with van der Waals surface area (Å²) < 4.78 is 44.3. The summed E-state index contributed by atoms with van der Waals surface area (Å²) in [6.45, 7) is -0.197. The fraction of sp³-hybridized carbons (Fsp3) is 0.333. The Labute approximate surface area is 89.0 Å². The van der Waals surface area contributed by atoms with Crippen molar-refractivity contribution < 1.29 is 27.4 Å². The average molecular weight is 235 g/mol. The van der Waals surface area contributed by atoms with Crippen molar-refractivity contribution in [2.24, 2.45) is 0 Å². The molecule has 0 atom stereocenters. The van der Waals surface area contributed by atoms with E-state index < -0.39 is 18.8 Å². The van der Waals surface area contributed by atoms with Crippen LogP contribution in [0.2, 0.25) is 0 Å². The number of aromatic nitrogens is 1. The highest BCUT2D eigenvalue weighted by Crippen LogP contribution is 2.19. The Balaban J connectivity index is 2.55. The van der Waals surface area contributed by atoms with Gasteiger partial charge in [-0.3, -0.25) is 4.79 Å². The standard InChI is InChI=1S/C9H8F3NO3/c1-6(14)16-8-3-2-7(4-13-8)15-5-9(10,11)12/h2-4H,5H2,1H3. The first kappa shape index (κ1) is 12.3. The van der Waals surface area contributed by atoms with Crippen LogP contribution in [-0.4, -0.2) is 23.7 Å². The number of pyridine rings is 1. The Morgan fingerprint density at radius 1 is 1.44 bits per heavy atom. The molecular weight excluding hydrogens is 227 g/mol. The Kier molecular flexibility index (Phi) is 3.70. The largest absolute Gasteiger partial charge is 0.483 e. The van der Waals surface area contributed by atoms with Gasteiger partial charge < -0.3 is 9.47 Å². The third-order valence-corrected chi connectivity index (χ3v) is 1.36. The molecule has 0 spiro atoms. The summed E-state index contributed by atoms with van der Waals surface area (Å²) in [7, 11) is 0. The van der Waals surface area contributed by atoms with Crippen LogP contribution in [0.25, 0.3) is 0 Å². The minimum Gasteiger partial charge on any atom is -0.483 e. The van der Waals surface area contributed by atoms with E-state index in [0.717, 1.165) is 6.20 Å². The summed E-state index contributed by atoms with van der Waals surface area (Å²) in [4.78, 5) is 14.1. The lowest BCUT2D eigenvalue weighted by atomic mass is 10.4. The highest BCUT2D eigenvalue weighted by Gasteiger charge is 2.28. The summed E-state index contributed by atoms with van der Waals surface area (Å²) >= 11 is 0. The maximum absolute atomic E-state index is 11.8. The van der Waals surface area contributed by atoms with Crippen molar-refractivity contribution in [3.63, 3.8) is 0 Å². The number of rotatable bonds is 3. The van der Waals surface area contributed by atoms with Gasteiger partial charge in [-0.15, -0.1) is 0 Å². The average Bonchev–Trinajstić information content (AvgIpc) is 2.14. The van der Waals surface area contributed by atoms with Crippen LogP contribution >= 0.6 is 0 Å². The van der Waals surface area contributed by atoms with Gasteiger partial charge in [0.2, 0.25) is 5.88 Å². The zero-order valence-electron chi connectivity index (χ0n) is 8.25. The van der Waals surface area contributed by atoms with Crippen molar-refractivity contribution in [2.75, 3.05) is 6.61 Å². The molecule has 0 aliphatic rings. The van der Waals surface area contributed by atoms with Crippen LogP contribution in [-0.2, 0) is 4.79 Å². The van der Waals surface area contributed by atoms with E-state index >= 15 is 0 Å². The summed E-state index contributed by atoms with van der Waals surface area (Å²) in [5.41, 5.74) is 0. The van der Waals surface area contributed by atoms with Crippen molar-refractivity contribution in [1.82, 2.24) is 4.98 Å². The first-order chi connectivity index (χ1) is 7.37. The molecule has 0 aliphatic carbocycles. The van der Waals surface area contributed by atoms with E-state index in [1.165, 1.54) is 19.1 Å². The lowest BCUT2D eigenvalue weighted by Gasteiger charge is -2.08. The number of ether oxygens (including phenoxy) is 2. The molecule has 1 heterocycles. The fourth-order valence-electron chi connectivity index (χ4n) is 0.825. The minimum atomic E-state index is -4.39. The van der Waals surface area contributed by atoms with Crippen LogP contribution < -0.4 is 9.47 Å². The van der Waals surface area contributed by atoms with E-state index in [-0.39, 0.29) is 11.6 Å². The van der Waals surface area contributed by atoms with E-state index in [9.17, 15) is 18.0 Å². The van der Waals surface area contributed by atoms with Gasteiger partial charge in [0.05, 0.1) is 6.20 Å². The van der Waals surface area contributed by atoms with Crippen molar-refractivity contribution in [1.29, 1.82) is 0 Å². The molecule has 0 N–H and O–H groups in total. The number of hydrogen-bond acceptors (Lipinski definition) is 4. The summed E-state index contributed by atoms with van der Waals surface area (Å²) in [6.07, 6.45) is -3.35. The van der Waals surface area contributed by atoms with Crippen molar-refractivity contribution in [3.8, 4) is 11.6 Å². The van der Waals surface area contributed by atoms with Gasteiger partial charge in [0, 0.05) is 13.0 Å². The quantitative estimate of drug-likeness (QED) is 0.751. The number of hydrogen-bond donors (Lipinski definition) is 0. The molecule has 0 bridgehead atoms. The Hall–Kier alpha value is -1.79. The van der Waals surface area contributed by atoms with Crippen LogP contribution in [0.1, 0.15) is 6.92 Å². The normalized spacial score (nSPS) is 11.0. The van der Waals surface area contributed by atoms with Crippen molar-refractivity contribution in [2.45, 2.75) is 13.1 Å². The molecule has 1 rings (SSSR count). The van der Waals surface area contributed by atoms with Crippen molar-refractivity contribution in [3.05, 3.63) is 18.3 Å². The molecule has 1 aromatic heterocycles. The maximum Gasteiger partial charge on any atom is 0.422 e. The molecule has 88 valence electrons. The molecule has 1 aromatic rings. The number of carbonyl (C=O) groups is 1. The molecule has 0 unspecified atom stereocenters. The molecule has 0 aromatic carbocycles. The van der Waals surface area contributed by atoms with Crippen LogP contribution in [0.3, 0.4) is 0 Å². The Bertz CT molecular complexity index is 361. The van der Waals surface area contributed by atoms with E-state index in [4.69, 9.17) is 0 Å². The van der Waals surface area contributed by atoms with Gasteiger partial charge in [0.25, 0.3) is 0 Å². The van der Waals surface area contributed by atoms with Crippen LogP contribution in [0.5, 0.6) is 11.6 Å². The Morgan fingerprint density at radius 2 is 2.12 bits per heavy atom. The third-order valence-electron chi connectivity index (χ3n) is 1.36. The minimum absolute atomic E-state index is 0.00635. The number of carbonyl (C=O) groups excluding carboxylic acids is 1. The first-order valence-electron chi connectivity index (χ1n) is 4.21. The molecule has 0 fully saturated rings. The molecule has 7 heteroatoms. The molecule has 0 aliphatic heterocycles. The van der Waals surface area contributed by atoms with Gasteiger partial charge in [0.15, 0.2) is 6.61 Å². The smallest absolute Gasteiger partial charge is 0.422 e. The van der Waals surface area contributed by atoms with Gasteiger partial charge in [-0.25, -0.2) is 4.98 Å². The van der Waals surface area contributed by atoms with E-state index in [0.29, 0.717) is 0 Å². The second-order valence-electron chi connectivity index (χ2n) is 2.83. The predicted octanol–water partition coefficient (Wildman–Crippen LogP) is 1.95. The van der Waals surface area contributed by atoms with E-state index in [2.05, 4.69) is 14.5 Å². The third kappa shape index (κ3) is 4.63. The predicted molar refractivity (Wildman–Crippen MR) is 47.1 cm³/mol. The molecule has 4 nitrogen and oxygen atoms in total. The van der Waals surface area contributed by atoms with Gasteiger partial charge in [0.1, 0.15) is 5.75 Å². The summed E-state index contributed by atoms with van der Waals surface area (Å²) in [5.74, 6) is -0.600. The highest BCUT2D eigenvalue weighted by atomic mass is 19.4. The van der Waals surface area contributed by atoms with Gasteiger partial charge in [-0.1, -0.05) is 0 Å². The Morgan fingerprint density at radius 3 is 2.56 bits per heavy atom. The SMILES string of the molecule is CC(=O)Oc1ccc(OCC(F)(F)F)cn1. The second-order valence-corrected chi connectivity index (χ2v) is 2.83. The first-order valence-corrected chi connectivity index (χ1v) is 4.21. The summed E-state index contributed by atoms with van der Waals surface area (Å²) in [5, 5.41) is 0. The number of nitrogens with zero attached hydrogens (tertiary/aromatic N) is 1. The number of halogens is 3. The molecule has 0 radical (unpaired) electrons. The zero-order chi connectivity index (χ0) is 12.2. The lowest BCUT2D eigenvalue weighted by molar-refractivity contribution is -0.153. The topological polar surface area (TPSA) is 48.4 Å². The maximum atomic E-state index is 11.8. The van der Waals surface area contributed by atoms with Gasteiger partial charge >= 0.3 is 12.1 Å². The monoisotopic (exact) mass is 235 g/mol. The van der Waals surface area contributed by atoms with Gasteiger partial charge in [-0.05, 0) is 6.07 Å². The second kappa shape index (κ2) is 4.82. The highest BCUT2D eigenvalue weighted by molar-refractivity contribution is 5.68.